The molecule has 0 heterocycles. The van der Waals surface area contributed by atoms with Crippen LogP contribution in [-0.2, 0) is 10.2 Å². The van der Waals surface area contributed by atoms with Crippen LogP contribution in [-0.4, -0.2) is 17.2 Å². The van der Waals surface area contributed by atoms with Gasteiger partial charge in [0.05, 0.1) is 0 Å². The second kappa shape index (κ2) is 4.43. The lowest BCUT2D eigenvalue weighted by molar-refractivity contribution is -0.140. The molecule has 3 rings (SSSR count). The maximum Gasteiger partial charge on any atom is 0.318 e. The predicted molar refractivity (Wildman–Crippen MR) is 71.2 cm³/mol. The lowest BCUT2D eigenvalue weighted by atomic mass is 9.96. The molecule has 0 aliphatic heterocycles. The fourth-order valence-corrected chi connectivity index (χ4v) is 2.43. The molecule has 19 heavy (non-hydrogen) atoms. The highest BCUT2D eigenvalue weighted by Gasteiger charge is 2.64. The van der Waals surface area contributed by atoms with Gasteiger partial charge < -0.3 is 9.84 Å². The zero-order valence-corrected chi connectivity index (χ0v) is 10.3. The molecular formula is C16H14O3. The first-order valence-corrected chi connectivity index (χ1v) is 6.24. The lowest BCUT2D eigenvalue weighted by Gasteiger charge is -2.13. The summed E-state index contributed by atoms with van der Waals surface area (Å²) in [5, 5.41) is 9.53. The molecule has 3 heteroatoms. The molecule has 2 aromatic carbocycles. The summed E-state index contributed by atoms with van der Waals surface area (Å²) in [6.07, 6.45) is 0.219. The molecule has 2 unspecified atom stereocenters. The Morgan fingerprint density at radius 3 is 2.21 bits per heavy atom. The van der Waals surface area contributed by atoms with Crippen LogP contribution in [0.2, 0.25) is 0 Å². The fourth-order valence-electron chi connectivity index (χ4n) is 2.43. The van der Waals surface area contributed by atoms with Crippen molar-refractivity contribution >= 4 is 5.97 Å². The van der Waals surface area contributed by atoms with E-state index in [1.807, 2.05) is 60.7 Å². The number of benzene rings is 2. The van der Waals surface area contributed by atoms with Crippen LogP contribution in [0.4, 0.5) is 0 Å². The number of hydrogen-bond donors (Lipinski definition) is 1. The van der Waals surface area contributed by atoms with Crippen molar-refractivity contribution < 1.29 is 14.6 Å². The Kier molecular flexibility index (Phi) is 2.75. The van der Waals surface area contributed by atoms with Crippen LogP contribution in [0.15, 0.2) is 60.7 Å². The quantitative estimate of drug-likeness (QED) is 0.912. The van der Waals surface area contributed by atoms with Crippen LogP contribution in [0.1, 0.15) is 12.0 Å². The second-order valence-electron chi connectivity index (χ2n) is 4.77. The van der Waals surface area contributed by atoms with Crippen molar-refractivity contribution in [3.63, 3.8) is 0 Å². The third-order valence-corrected chi connectivity index (χ3v) is 3.59. The Morgan fingerprint density at radius 2 is 1.63 bits per heavy atom. The SMILES string of the molecule is O=C(O)C1(c2ccccc2)CC1Oc1ccccc1. The van der Waals surface area contributed by atoms with Crippen molar-refractivity contribution in [2.45, 2.75) is 17.9 Å². The summed E-state index contributed by atoms with van der Waals surface area (Å²) >= 11 is 0. The van der Waals surface area contributed by atoms with Crippen molar-refractivity contribution in [3.8, 4) is 5.75 Å². The zero-order chi connectivity index (χ0) is 13.3. The van der Waals surface area contributed by atoms with E-state index in [0.29, 0.717) is 12.2 Å². The van der Waals surface area contributed by atoms with Crippen LogP contribution in [0.5, 0.6) is 5.75 Å². The summed E-state index contributed by atoms with van der Waals surface area (Å²) in [7, 11) is 0. The highest BCUT2D eigenvalue weighted by Crippen LogP contribution is 2.50. The first-order valence-electron chi connectivity index (χ1n) is 6.24. The lowest BCUT2D eigenvalue weighted by Crippen LogP contribution is -2.26. The molecule has 96 valence electrons. The van der Waals surface area contributed by atoms with E-state index in [0.717, 1.165) is 5.56 Å². The fraction of sp³-hybridized carbons (Fsp3) is 0.188. The van der Waals surface area contributed by atoms with Crippen LogP contribution >= 0.6 is 0 Å². The van der Waals surface area contributed by atoms with Gasteiger partial charge in [-0.25, -0.2) is 0 Å². The summed E-state index contributed by atoms with van der Waals surface area (Å²) in [4.78, 5) is 11.6. The Bertz CT molecular complexity index is 579. The molecular weight excluding hydrogens is 240 g/mol. The van der Waals surface area contributed by atoms with E-state index in [2.05, 4.69) is 0 Å². The highest BCUT2D eigenvalue weighted by molar-refractivity contribution is 5.86. The standard InChI is InChI=1S/C16H14O3/c17-15(18)16(12-7-3-1-4-8-12)11-14(16)19-13-9-5-2-6-10-13/h1-10,14H,11H2,(H,17,18). The average molecular weight is 254 g/mol. The van der Waals surface area contributed by atoms with Gasteiger partial charge in [0.2, 0.25) is 0 Å². The zero-order valence-electron chi connectivity index (χ0n) is 10.3. The van der Waals surface area contributed by atoms with E-state index in [1.54, 1.807) is 0 Å². The summed E-state index contributed by atoms with van der Waals surface area (Å²) in [6, 6.07) is 18.6. The molecule has 0 bridgehead atoms. The maximum atomic E-state index is 11.6. The molecule has 2 aromatic rings. The number of carboxylic acids is 1. The third-order valence-electron chi connectivity index (χ3n) is 3.59. The summed E-state index contributed by atoms with van der Waals surface area (Å²) in [5.74, 6) is -0.105. The smallest absolute Gasteiger partial charge is 0.318 e. The van der Waals surface area contributed by atoms with E-state index in [-0.39, 0.29) is 6.10 Å². The minimum absolute atomic E-state index is 0.296. The molecule has 1 N–H and O–H groups in total. The van der Waals surface area contributed by atoms with Gasteiger partial charge in [-0.15, -0.1) is 0 Å². The second-order valence-corrected chi connectivity index (χ2v) is 4.77. The van der Waals surface area contributed by atoms with Crippen LogP contribution in [0.3, 0.4) is 0 Å². The molecule has 3 nitrogen and oxygen atoms in total. The van der Waals surface area contributed by atoms with Crippen LogP contribution < -0.4 is 4.74 Å². The minimum atomic E-state index is -0.892. The molecule has 0 spiro atoms. The average Bonchev–Trinajstić information content (AvgIpc) is 3.16. The monoisotopic (exact) mass is 254 g/mol. The highest BCUT2D eigenvalue weighted by atomic mass is 16.5. The van der Waals surface area contributed by atoms with Crippen molar-refractivity contribution in [2.24, 2.45) is 0 Å². The van der Waals surface area contributed by atoms with E-state index in [1.165, 1.54) is 0 Å². The number of aliphatic carboxylic acids is 1. The molecule has 0 radical (unpaired) electrons. The van der Waals surface area contributed by atoms with Crippen molar-refractivity contribution in [2.75, 3.05) is 0 Å². The van der Waals surface area contributed by atoms with E-state index in [4.69, 9.17) is 4.74 Å². The topological polar surface area (TPSA) is 46.5 Å². The molecule has 1 aliphatic carbocycles. The molecule has 1 fully saturated rings. The third kappa shape index (κ3) is 1.97. The first-order chi connectivity index (χ1) is 9.23. The Hall–Kier alpha value is -2.29. The summed E-state index contributed by atoms with van der Waals surface area (Å²) < 4.78 is 5.78. The molecule has 1 aliphatic rings. The number of ether oxygens (including phenoxy) is 1. The van der Waals surface area contributed by atoms with Gasteiger partial charge in [0, 0.05) is 6.42 Å². The van der Waals surface area contributed by atoms with Gasteiger partial charge in [0.1, 0.15) is 17.3 Å². The van der Waals surface area contributed by atoms with Gasteiger partial charge in [-0.3, -0.25) is 4.79 Å². The molecule has 0 amide bonds. The van der Waals surface area contributed by atoms with E-state index >= 15 is 0 Å². The number of hydrogen-bond acceptors (Lipinski definition) is 2. The largest absolute Gasteiger partial charge is 0.489 e. The molecule has 1 saturated carbocycles. The van der Waals surface area contributed by atoms with Gasteiger partial charge in [0.25, 0.3) is 0 Å². The van der Waals surface area contributed by atoms with E-state index in [9.17, 15) is 9.90 Å². The maximum absolute atomic E-state index is 11.6. The van der Waals surface area contributed by atoms with Crippen LogP contribution in [0, 0.1) is 0 Å². The Balaban J connectivity index is 1.85. The number of rotatable bonds is 4. The van der Waals surface area contributed by atoms with Gasteiger partial charge in [-0.1, -0.05) is 48.5 Å². The molecule has 0 aromatic heterocycles. The normalized spacial score (nSPS) is 24.7. The van der Waals surface area contributed by atoms with Crippen molar-refractivity contribution in [1.29, 1.82) is 0 Å². The number of carboxylic acid groups (broad SMARTS) is 1. The van der Waals surface area contributed by atoms with Crippen LogP contribution in [0.25, 0.3) is 0 Å². The minimum Gasteiger partial charge on any atom is -0.489 e. The molecule has 0 saturated heterocycles. The number of carbonyl (C=O) groups is 1. The van der Waals surface area contributed by atoms with E-state index < -0.39 is 11.4 Å². The summed E-state index contributed by atoms with van der Waals surface area (Å²) in [5.41, 5.74) is -0.0830. The van der Waals surface area contributed by atoms with Gasteiger partial charge in [0.15, 0.2) is 0 Å². The van der Waals surface area contributed by atoms with Gasteiger partial charge in [-0.2, -0.15) is 0 Å². The Morgan fingerprint density at radius 1 is 1.05 bits per heavy atom. The van der Waals surface area contributed by atoms with Gasteiger partial charge in [-0.05, 0) is 17.7 Å². The Labute approximate surface area is 111 Å². The summed E-state index contributed by atoms with van der Waals surface area (Å²) in [6.45, 7) is 0. The van der Waals surface area contributed by atoms with Crippen molar-refractivity contribution in [1.82, 2.24) is 0 Å². The first kappa shape index (κ1) is 11.8. The van der Waals surface area contributed by atoms with Gasteiger partial charge >= 0.3 is 5.97 Å². The predicted octanol–water partition coefficient (Wildman–Crippen LogP) is 2.86. The molecule has 2 atom stereocenters. The number of para-hydroxylation sites is 1. The van der Waals surface area contributed by atoms with Crippen molar-refractivity contribution in [3.05, 3.63) is 66.2 Å².